The standard InChI is InChI=1S/C32H12BF24/c34-25(35,36)13-1-5-17(29(46,47)48)21(9-13)33(22-10-14(26(37,38)39)2-6-18(22)30(49,50)51,23-11-15(27(40,41)42)3-7-19(23)31(52,53)54)24-12-16(28(43,44)45)4-8-20(24)32(55,56)57/h1-12H/q-1. The maximum atomic E-state index is 14.9. The van der Waals surface area contributed by atoms with Gasteiger partial charge < -0.3 is 0 Å². The number of hydrogen-bond donors (Lipinski definition) is 0. The van der Waals surface area contributed by atoms with Crippen molar-refractivity contribution < 1.29 is 105 Å². The molecule has 0 saturated heterocycles. The first-order valence-corrected chi connectivity index (χ1v) is 14.6. The molecule has 0 N–H and O–H groups in total. The Bertz CT molecular complexity index is 1830. The minimum absolute atomic E-state index is 0.614. The first-order chi connectivity index (χ1) is 25.3. The Kier molecular flexibility index (Phi) is 10.8. The van der Waals surface area contributed by atoms with Crippen molar-refractivity contribution in [2.24, 2.45) is 0 Å². The highest BCUT2D eigenvalue weighted by Crippen LogP contribution is 2.42. The van der Waals surface area contributed by atoms with Crippen LogP contribution in [0.5, 0.6) is 0 Å². The van der Waals surface area contributed by atoms with Crippen LogP contribution in [0.3, 0.4) is 0 Å². The lowest BCUT2D eigenvalue weighted by Gasteiger charge is -2.49. The van der Waals surface area contributed by atoms with Gasteiger partial charge in [0.1, 0.15) is 6.15 Å². The molecular weight excluding hydrogens is 851 g/mol. The zero-order valence-electron chi connectivity index (χ0n) is 26.6. The summed E-state index contributed by atoms with van der Waals surface area (Å²) in [5.74, 6) is 0. The molecule has 0 spiro atoms. The van der Waals surface area contributed by atoms with Crippen LogP contribution in [0.1, 0.15) is 44.5 Å². The molecule has 0 radical (unpaired) electrons. The number of alkyl halides is 24. The Morgan fingerprint density at radius 2 is 0.386 bits per heavy atom. The fourth-order valence-electron chi connectivity index (χ4n) is 6.43. The van der Waals surface area contributed by atoms with Crippen molar-refractivity contribution in [3.8, 4) is 0 Å². The lowest BCUT2D eigenvalue weighted by molar-refractivity contribution is -0.141. The molecule has 0 heterocycles. The fraction of sp³-hybridized carbons (Fsp3) is 0.250. The Hall–Kier alpha value is -4.74. The van der Waals surface area contributed by atoms with Crippen LogP contribution in [0.15, 0.2) is 72.8 Å². The van der Waals surface area contributed by atoms with E-state index in [4.69, 9.17) is 0 Å². The fourth-order valence-corrected chi connectivity index (χ4v) is 6.43. The average Bonchev–Trinajstić information content (AvgIpc) is 3.01. The van der Waals surface area contributed by atoms with Crippen LogP contribution in [0.4, 0.5) is 105 Å². The van der Waals surface area contributed by atoms with Gasteiger partial charge in [-0.15, -0.1) is 0 Å². The first-order valence-electron chi connectivity index (χ1n) is 14.6. The number of halogens is 24. The number of hydrogen-bond acceptors (Lipinski definition) is 0. The molecule has 0 saturated carbocycles. The topological polar surface area (TPSA) is 0 Å². The van der Waals surface area contributed by atoms with E-state index in [2.05, 4.69) is 0 Å². The van der Waals surface area contributed by atoms with Crippen LogP contribution < -0.4 is 21.9 Å². The second-order valence-corrected chi connectivity index (χ2v) is 12.1. The Labute approximate surface area is 300 Å². The molecule has 0 amide bonds. The lowest BCUT2D eigenvalue weighted by Crippen LogP contribution is -2.78. The predicted molar refractivity (Wildman–Crippen MR) is 150 cm³/mol. The lowest BCUT2D eigenvalue weighted by atomic mass is 9.11. The highest BCUT2D eigenvalue weighted by atomic mass is 19.4. The van der Waals surface area contributed by atoms with Crippen molar-refractivity contribution in [1.82, 2.24) is 0 Å². The molecule has 25 heteroatoms. The number of benzene rings is 4. The van der Waals surface area contributed by atoms with Crippen molar-refractivity contribution in [2.45, 2.75) is 49.4 Å². The zero-order valence-corrected chi connectivity index (χ0v) is 26.6. The SMILES string of the molecule is FC(F)(F)c1ccc(C(F)(F)F)c([B-](c2cc(C(F)(F)F)ccc2C(F)(F)F)(c2cc(C(F)(F)F)ccc2C(F)(F)F)c2cc(C(F)(F)F)ccc2C(F)(F)F)c1. The van der Waals surface area contributed by atoms with E-state index < -0.39 is 195 Å². The van der Waals surface area contributed by atoms with Crippen molar-refractivity contribution in [3.63, 3.8) is 0 Å². The van der Waals surface area contributed by atoms with E-state index in [-0.39, 0.29) is 0 Å². The van der Waals surface area contributed by atoms with Crippen molar-refractivity contribution in [1.29, 1.82) is 0 Å². The highest BCUT2D eigenvalue weighted by Gasteiger charge is 2.52. The van der Waals surface area contributed by atoms with Crippen LogP contribution in [0.2, 0.25) is 0 Å². The predicted octanol–water partition coefficient (Wildman–Crippen LogP) is 11.2. The van der Waals surface area contributed by atoms with E-state index in [1.165, 1.54) is 0 Å². The molecular formula is C32H12BF24-. The van der Waals surface area contributed by atoms with Crippen LogP contribution in [-0.4, -0.2) is 6.15 Å². The molecule has 0 nitrogen and oxygen atoms in total. The molecule has 0 unspecified atom stereocenters. The smallest absolute Gasteiger partial charge is 0.182 e. The Balaban J connectivity index is 2.76. The minimum atomic E-state index is -6.78. The molecule has 4 rings (SSSR count). The largest absolute Gasteiger partial charge is 0.416 e. The molecule has 0 atom stereocenters. The maximum absolute atomic E-state index is 14.9. The summed E-state index contributed by atoms with van der Waals surface area (Å²) in [6.07, 6.45) is -57.3. The monoisotopic (exact) mass is 863 g/mol. The third kappa shape index (κ3) is 8.75. The summed E-state index contributed by atoms with van der Waals surface area (Å²) in [4.78, 5) is 0. The third-order valence-corrected chi connectivity index (χ3v) is 8.60. The van der Waals surface area contributed by atoms with Crippen molar-refractivity contribution in [2.75, 3.05) is 0 Å². The van der Waals surface area contributed by atoms with Crippen LogP contribution in [0.25, 0.3) is 0 Å². The molecule has 0 fully saturated rings. The molecule has 0 aliphatic heterocycles. The molecule has 0 aliphatic rings. The van der Waals surface area contributed by atoms with Crippen LogP contribution in [-0.2, 0) is 49.4 Å². The van der Waals surface area contributed by atoms with E-state index in [0.29, 0.717) is 0 Å². The molecule has 0 aromatic heterocycles. The van der Waals surface area contributed by atoms with Gasteiger partial charge in [-0.05, 0) is 24.3 Å². The second kappa shape index (κ2) is 13.7. The van der Waals surface area contributed by atoms with E-state index in [0.717, 1.165) is 0 Å². The van der Waals surface area contributed by atoms with Gasteiger partial charge in [-0.3, -0.25) is 0 Å². The van der Waals surface area contributed by atoms with E-state index in [1.54, 1.807) is 0 Å². The second-order valence-electron chi connectivity index (χ2n) is 12.1. The van der Waals surface area contributed by atoms with Crippen molar-refractivity contribution in [3.05, 3.63) is 117 Å². The highest BCUT2D eigenvalue weighted by molar-refractivity contribution is 7.20. The minimum Gasteiger partial charge on any atom is -0.182 e. The quantitative estimate of drug-likeness (QED) is 0.142. The summed E-state index contributed by atoms with van der Waals surface area (Å²) in [6, 6.07) is -10.2. The summed E-state index contributed by atoms with van der Waals surface area (Å²) in [7, 11) is 0. The molecule has 312 valence electrons. The van der Waals surface area contributed by atoms with Crippen LogP contribution in [0, 0.1) is 0 Å². The van der Waals surface area contributed by atoms with Gasteiger partial charge in [0.05, 0.1) is 22.3 Å². The molecule has 4 aromatic carbocycles. The summed E-state index contributed by atoms with van der Waals surface area (Å²) < 4.78 is 349. The first kappa shape index (κ1) is 45.0. The molecule has 0 aliphatic carbocycles. The maximum Gasteiger partial charge on any atom is 0.416 e. The summed E-state index contributed by atoms with van der Waals surface area (Å²) in [5.41, 5.74) is -34.5. The summed E-state index contributed by atoms with van der Waals surface area (Å²) in [5, 5.41) is 0. The summed E-state index contributed by atoms with van der Waals surface area (Å²) in [6.45, 7) is 0. The zero-order chi connectivity index (χ0) is 43.9. The van der Waals surface area contributed by atoms with Gasteiger partial charge in [0.15, 0.2) is 0 Å². The van der Waals surface area contributed by atoms with Gasteiger partial charge in [-0.2, -0.15) is 127 Å². The molecule has 0 bridgehead atoms. The summed E-state index contributed by atoms with van der Waals surface area (Å²) >= 11 is 0. The van der Waals surface area contributed by atoms with Gasteiger partial charge >= 0.3 is 49.4 Å². The average molecular weight is 863 g/mol. The van der Waals surface area contributed by atoms with Gasteiger partial charge in [-0.1, -0.05) is 48.5 Å². The van der Waals surface area contributed by atoms with E-state index >= 15 is 0 Å². The van der Waals surface area contributed by atoms with Crippen molar-refractivity contribution >= 4 is 28.0 Å². The van der Waals surface area contributed by atoms with Gasteiger partial charge in [0.2, 0.25) is 0 Å². The van der Waals surface area contributed by atoms with Gasteiger partial charge in [-0.25, -0.2) is 0 Å². The molecule has 4 aromatic rings. The Morgan fingerprint density at radius 1 is 0.228 bits per heavy atom. The normalized spacial score (nSPS) is 14.3. The van der Waals surface area contributed by atoms with E-state index in [1.807, 2.05) is 0 Å². The van der Waals surface area contributed by atoms with E-state index in [9.17, 15) is 105 Å². The van der Waals surface area contributed by atoms with Gasteiger partial charge in [0, 0.05) is 22.3 Å². The third-order valence-electron chi connectivity index (χ3n) is 8.60. The van der Waals surface area contributed by atoms with Gasteiger partial charge in [0.25, 0.3) is 0 Å². The molecule has 57 heavy (non-hydrogen) atoms. The number of rotatable bonds is 4. The Morgan fingerprint density at radius 3 is 0.509 bits per heavy atom. The van der Waals surface area contributed by atoms with Crippen LogP contribution >= 0.6 is 0 Å².